The van der Waals surface area contributed by atoms with Gasteiger partial charge in [-0.3, -0.25) is 0 Å². The molecule has 0 spiro atoms. The van der Waals surface area contributed by atoms with Crippen LogP contribution >= 0.6 is 0 Å². The molecule has 0 N–H and O–H groups in total. The number of aromatic nitrogens is 2. The Hall–Kier alpha value is -6.31. The molecule has 0 amide bonds. The minimum absolute atomic E-state index is 0.138. The zero-order valence-electron chi connectivity index (χ0n) is 25.9. The summed E-state index contributed by atoms with van der Waals surface area (Å²) in [6.45, 7) is 11.8. The molecule has 6 aromatic carbocycles. The lowest BCUT2D eigenvalue weighted by Gasteiger charge is -2.21. The number of hydrogen-bond acceptors (Lipinski definition) is 1. The van der Waals surface area contributed by atoms with E-state index in [1.54, 1.807) is 6.07 Å². The van der Waals surface area contributed by atoms with E-state index in [-0.39, 0.29) is 22.4 Å². The molecule has 230 valence electrons. The molecule has 0 radical (unpaired) electrons. The first-order valence-corrected chi connectivity index (χ1v) is 15.4. The monoisotopic (exact) mass is 630 g/mol. The van der Waals surface area contributed by atoms with Crippen LogP contribution < -0.4 is 0 Å². The van der Waals surface area contributed by atoms with Gasteiger partial charge < -0.3 is 9.13 Å². The molecule has 4 nitrogen and oxygen atoms in total. The summed E-state index contributed by atoms with van der Waals surface area (Å²) in [6, 6.07) is 37.3. The van der Waals surface area contributed by atoms with Crippen LogP contribution in [0.5, 0.6) is 0 Å². The Balaban J connectivity index is 1.62. The first kappa shape index (κ1) is 29.1. The molecule has 0 saturated carbocycles. The van der Waals surface area contributed by atoms with Crippen molar-refractivity contribution >= 4 is 49.3 Å². The number of aryl methyl sites for hydroxylation is 2. The molecule has 0 atom stereocenters. The molecular formula is C41H25F3N4. The van der Waals surface area contributed by atoms with Crippen LogP contribution in [0.1, 0.15) is 22.3 Å². The Kier molecular flexibility index (Phi) is 6.44. The number of halogens is 3. The van der Waals surface area contributed by atoms with Crippen molar-refractivity contribution in [3.63, 3.8) is 0 Å². The number of nitriles is 1. The number of fused-ring (bicyclic) bond motifs is 6. The van der Waals surface area contributed by atoms with Crippen LogP contribution in [-0.2, 0) is 6.18 Å². The number of para-hydroxylation sites is 2. The molecule has 0 fully saturated rings. The molecule has 48 heavy (non-hydrogen) atoms. The van der Waals surface area contributed by atoms with Gasteiger partial charge in [-0.25, -0.2) is 4.85 Å². The second-order valence-corrected chi connectivity index (χ2v) is 12.1. The number of hydrogen-bond donors (Lipinski definition) is 0. The molecule has 8 aromatic rings. The Morgan fingerprint density at radius 2 is 1.21 bits per heavy atom. The minimum atomic E-state index is -4.73. The van der Waals surface area contributed by atoms with Crippen molar-refractivity contribution in [3.05, 3.63) is 149 Å². The second-order valence-electron chi connectivity index (χ2n) is 12.1. The quantitative estimate of drug-likeness (QED) is 0.179. The third kappa shape index (κ3) is 4.29. The third-order valence-electron chi connectivity index (χ3n) is 9.09. The lowest BCUT2D eigenvalue weighted by atomic mass is 9.94. The van der Waals surface area contributed by atoms with Crippen LogP contribution in [0.3, 0.4) is 0 Å². The summed E-state index contributed by atoms with van der Waals surface area (Å²) in [5, 5.41) is 14.8. The van der Waals surface area contributed by atoms with Crippen molar-refractivity contribution in [1.29, 1.82) is 5.26 Å². The highest BCUT2D eigenvalue weighted by Gasteiger charge is 2.35. The first-order valence-electron chi connectivity index (χ1n) is 15.4. The molecular weight excluding hydrogens is 605 g/mol. The van der Waals surface area contributed by atoms with Gasteiger partial charge in [0, 0.05) is 21.5 Å². The van der Waals surface area contributed by atoms with Gasteiger partial charge in [0.25, 0.3) is 0 Å². The second kappa shape index (κ2) is 10.6. The van der Waals surface area contributed by atoms with Crippen molar-refractivity contribution in [2.24, 2.45) is 0 Å². The Morgan fingerprint density at radius 3 is 1.79 bits per heavy atom. The zero-order chi connectivity index (χ0) is 33.3. The molecule has 0 aliphatic rings. The maximum atomic E-state index is 14.6. The highest BCUT2D eigenvalue weighted by atomic mass is 19.4. The summed E-state index contributed by atoms with van der Waals surface area (Å²) in [6.07, 6.45) is -4.73. The average Bonchev–Trinajstić information content (AvgIpc) is 3.58. The van der Waals surface area contributed by atoms with Crippen LogP contribution in [0.4, 0.5) is 18.9 Å². The molecule has 0 unspecified atom stereocenters. The number of alkyl halides is 3. The van der Waals surface area contributed by atoms with Crippen molar-refractivity contribution in [2.75, 3.05) is 0 Å². The summed E-state index contributed by atoms with van der Waals surface area (Å²) < 4.78 is 47.8. The van der Waals surface area contributed by atoms with Gasteiger partial charge in [0.15, 0.2) is 5.69 Å². The van der Waals surface area contributed by atoms with Crippen LogP contribution in [0.2, 0.25) is 0 Å². The van der Waals surface area contributed by atoms with Crippen molar-refractivity contribution < 1.29 is 13.2 Å². The minimum Gasteiger partial charge on any atom is -0.307 e. The van der Waals surface area contributed by atoms with Gasteiger partial charge in [0.1, 0.15) is 6.07 Å². The number of nitrogens with zero attached hydrogens (tertiary/aromatic N) is 4. The van der Waals surface area contributed by atoms with Crippen LogP contribution in [-0.4, -0.2) is 9.13 Å². The van der Waals surface area contributed by atoms with Gasteiger partial charge in [0.05, 0.1) is 51.1 Å². The fraction of sp³-hybridized carbons (Fsp3) is 0.0732. The van der Waals surface area contributed by atoms with Gasteiger partial charge >= 0.3 is 6.18 Å². The number of rotatable bonds is 3. The average molecular weight is 631 g/mol. The van der Waals surface area contributed by atoms with E-state index in [1.807, 2.05) is 95.8 Å². The molecule has 0 aliphatic heterocycles. The van der Waals surface area contributed by atoms with E-state index in [0.717, 1.165) is 60.8 Å². The van der Waals surface area contributed by atoms with Crippen LogP contribution in [0, 0.1) is 31.8 Å². The number of benzene rings is 6. The highest BCUT2D eigenvalue weighted by molar-refractivity contribution is 6.12. The van der Waals surface area contributed by atoms with Crippen molar-refractivity contribution in [1.82, 2.24) is 9.13 Å². The molecule has 0 bridgehead atoms. The first-order chi connectivity index (χ1) is 23.2. The fourth-order valence-electron chi connectivity index (χ4n) is 7.10. The maximum absolute atomic E-state index is 14.6. The van der Waals surface area contributed by atoms with E-state index in [1.165, 1.54) is 18.2 Å². The summed E-state index contributed by atoms with van der Waals surface area (Å²) in [4.78, 5) is 3.50. The lowest BCUT2D eigenvalue weighted by molar-refractivity contribution is -0.137. The maximum Gasteiger partial charge on any atom is 0.415 e. The SMILES string of the molecule is [C-]#[N+]c1cccc(C(F)(F)F)c1-c1cc(C#N)c(-n2c3ccccc3c3cc(C)ccc32)c(-n2c3ccccc3c3cc(C)ccc32)c1. The smallest absolute Gasteiger partial charge is 0.307 e. The van der Waals surface area contributed by atoms with Gasteiger partial charge in [-0.2, -0.15) is 18.4 Å². The molecule has 7 heteroatoms. The molecule has 0 aliphatic carbocycles. The van der Waals surface area contributed by atoms with Crippen molar-refractivity contribution in [2.45, 2.75) is 20.0 Å². The topological polar surface area (TPSA) is 38.0 Å². The fourth-order valence-corrected chi connectivity index (χ4v) is 7.10. The Morgan fingerprint density at radius 1 is 0.646 bits per heavy atom. The van der Waals surface area contributed by atoms with E-state index in [2.05, 4.69) is 23.0 Å². The van der Waals surface area contributed by atoms with E-state index in [9.17, 15) is 18.4 Å². The Labute approximate surface area is 273 Å². The normalized spacial score (nSPS) is 11.8. The van der Waals surface area contributed by atoms with E-state index < -0.39 is 11.7 Å². The highest BCUT2D eigenvalue weighted by Crippen LogP contribution is 2.46. The zero-order valence-corrected chi connectivity index (χ0v) is 25.9. The summed E-state index contributed by atoms with van der Waals surface area (Å²) in [7, 11) is 0. The molecule has 2 heterocycles. The predicted octanol–water partition coefficient (Wildman–Crippen LogP) is 11.6. The molecule has 8 rings (SSSR count). The summed E-state index contributed by atoms with van der Waals surface area (Å²) >= 11 is 0. The third-order valence-corrected chi connectivity index (χ3v) is 9.09. The van der Waals surface area contributed by atoms with E-state index in [4.69, 9.17) is 6.57 Å². The van der Waals surface area contributed by atoms with Gasteiger partial charge in [-0.05, 0) is 73.5 Å². The summed E-state index contributed by atoms with van der Waals surface area (Å²) in [5.74, 6) is 0. The van der Waals surface area contributed by atoms with Crippen molar-refractivity contribution in [3.8, 4) is 28.6 Å². The molecule has 0 saturated heterocycles. The lowest BCUT2D eigenvalue weighted by Crippen LogP contribution is -2.09. The predicted molar refractivity (Wildman–Crippen MR) is 186 cm³/mol. The van der Waals surface area contributed by atoms with Gasteiger partial charge in [-0.1, -0.05) is 77.9 Å². The molecule has 2 aromatic heterocycles. The standard InChI is InChI=1S/C41H25F3N4/c1-24-15-17-36-30(19-24)28-9-4-6-13-34(28)47(36)38-22-26(39-32(41(42,43)44)11-8-12-33(39)46-3)21-27(23-45)40(38)48-35-14-7-5-10-29(35)31-20-25(2)16-18-37(31)48/h4-22H,1-2H3. The Bertz CT molecular complexity index is 2710. The van der Waals surface area contributed by atoms with Gasteiger partial charge in [-0.15, -0.1) is 0 Å². The van der Waals surface area contributed by atoms with Crippen LogP contribution in [0.15, 0.2) is 115 Å². The summed E-state index contributed by atoms with van der Waals surface area (Å²) in [5.41, 5.74) is 5.60. The van der Waals surface area contributed by atoms with E-state index in [0.29, 0.717) is 11.4 Å². The van der Waals surface area contributed by atoms with E-state index >= 15 is 0 Å². The van der Waals surface area contributed by atoms with Crippen LogP contribution in [0.25, 0.3) is 71.0 Å². The van der Waals surface area contributed by atoms with Gasteiger partial charge in [0.2, 0.25) is 0 Å². The largest absolute Gasteiger partial charge is 0.415 e.